The molecule has 0 unspecified atom stereocenters. The van der Waals surface area contributed by atoms with Crippen LogP contribution in [-0.4, -0.2) is 61.6 Å². The molecule has 2 aliphatic rings. The van der Waals surface area contributed by atoms with Crippen LogP contribution in [0.25, 0.3) is 11.0 Å². The van der Waals surface area contributed by atoms with Crippen LogP contribution in [0.15, 0.2) is 12.3 Å². The Balaban J connectivity index is 1.66. The number of hydrogen-bond donors (Lipinski definition) is 0. The van der Waals surface area contributed by atoms with Crippen molar-refractivity contribution in [1.82, 2.24) is 24.3 Å². The van der Waals surface area contributed by atoms with E-state index in [0.29, 0.717) is 25.0 Å². The number of ether oxygens (including phenoxy) is 1. The Morgan fingerprint density at radius 1 is 1.26 bits per heavy atom. The smallest absolute Gasteiger partial charge is 0.418 e. The molecule has 2 amide bonds. The van der Waals surface area contributed by atoms with Crippen LogP contribution in [0.5, 0.6) is 0 Å². The summed E-state index contributed by atoms with van der Waals surface area (Å²) in [7, 11) is 0. The standard InChI is InChI=1S/C22H28N6O3/c1-5-26-8-6-22(7-9-26)19(29)27(20(30)31-22)13-16-10-15-12-24-17(11-23)25-18(15)28(16)14-21(2,3)4/h10,12H,5-9,13-14H2,1-4H3. The third-order valence-corrected chi connectivity index (χ3v) is 6.02. The number of hydrogen-bond acceptors (Lipinski definition) is 7. The molecule has 0 atom stereocenters. The summed E-state index contributed by atoms with van der Waals surface area (Å²) in [5, 5.41) is 9.97. The molecule has 4 heterocycles. The number of nitrogens with zero attached hydrogens (tertiary/aromatic N) is 6. The summed E-state index contributed by atoms with van der Waals surface area (Å²) in [5.41, 5.74) is 0.268. The zero-order valence-electron chi connectivity index (χ0n) is 18.5. The molecule has 0 aromatic carbocycles. The van der Waals surface area contributed by atoms with Gasteiger partial charge < -0.3 is 14.2 Å². The lowest BCUT2D eigenvalue weighted by atomic mass is 9.90. The molecule has 2 fully saturated rings. The molecule has 2 aromatic rings. The molecular formula is C22H28N6O3. The van der Waals surface area contributed by atoms with Gasteiger partial charge in [0.1, 0.15) is 11.7 Å². The molecule has 9 nitrogen and oxygen atoms in total. The van der Waals surface area contributed by atoms with Gasteiger partial charge in [0, 0.05) is 49.8 Å². The van der Waals surface area contributed by atoms with E-state index >= 15 is 0 Å². The highest BCUT2D eigenvalue weighted by molar-refractivity contribution is 6.03. The van der Waals surface area contributed by atoms with Gasteiger partial charge in [-0.15, -0.1) is 0 Å². The maximum absolute atomic E-state index is 13.3. The van der Waals surface area contributed by atoms with Gasteiger partial charge in [0.05, 0.1) is 6.54 Å². The second-order valence-electron chi connectivity index (χ2n) is 9.55. The maximum Gasteiger partial charge on any atom is 0.418 e. The summed E-state index contributed by atoms with van der Waals surface area (Å²) in [4.78, 5) is 37.9. The molecule has 31 heavy (non-hydrogen) atoms. The van der Waals surface area contributed by atoms with Crippen molar-refractivity contribution in [3.8, 4) is 6.07 Å². The van der Waals surface area contributed by atoms with Crippen molar-refractivity contribution in [3.05, 3.63) is 23.8 Å². The molecule has 2 aromatic heterocycles. The minimum atomic E-state index is -1.04. The van der Waals surface area contributed by atoms with E-state index in [1.54, 1.807) is 6.20 Å². The number of likely N-dealkylation sites (tertiary alicyclic amines) is 1. The van der Waals surface area contributed by atoms with Gasteiger partial charge in [-0.05, 0) is 18.0 Å². The minimum Gasteiger partial charge on any atom is -0.432 e. The third-order valence-electron chi connectivity index (χ3n) is 6.02. The van der Waals surface area contributed by atoms with Gasteiger partial charge in [0.15, 0.2) is 5.60 Å². The average molecular weight is 425 g/mol. The van der Waals surface area contributed by atoms with Gasteiger partial charge in [0.2, 0.25) is 5.82 Å². The first kappa shape index (κ1) is 21.2. The van der Waals surface area contributed by atoms with Crippen molar-refractivity contribution in [1.29, 1.82) is 5.26 Å². The fourth-order valence-corrected chi connectivity index (χ4v) is 4.37. The normalized spacial score (nSPS) is 19.3. The number of nitriles is 1. The topological polar surface area (TPSA) is 104 Å². The Morgan fingerprint density at radius 3 is 2.58 bits per heavy atom. The molecule has 2 saturated heterocycles. The van der Waals surface area contributed by atoms with Gasteiger partial charge >= 0.3 is 6.09 Å². The van der Waals surface area contributed by atoms with E-state index < -0.39 is 11.7 Å². The molecule has 0 bridgehead atoms. The predicted octanol–water partition coefficient (Wildman–Crippen LogP) is 2.68. The summed E-state index contributed by atoms with van der Waals surface area (Å²) in [6.07, 6.45) is 2.05. The monoisotopic (exact) mass is 424 g/mol. The lowest BCUT2D eigenvalue weighted by Crippen LogP contribution is -2.49. The van der Waals surface area contributed by atoms with Crippen LogP contribution in [0, 0.1) is 16.7 Å². The highest BCUT2D eigenvalue weighted by atomic mass is 16.6. The van der Waals surface area contributed by atoms with Crippen molar-refractivity contribution in [3.63, 3.8) is 0 Å². The summed E-state index contributed by atoms with van der Waals surface area (Å²) in [5.74, 6) is -0.171. The number of amides is 2. The van der Waals surface area contributed by atoms with Crippen LogP contribution in [0.2, 0.25) is 0 Å². The largest absolute Gasteiger partial charge is 0.432 e. The van der Waals surface area contributed by atoms with Crippen LogP contribution < -0.4 is 0 Å². The molecular weight excluding hydrogens is 396 g/mol. The van der Waals surface area contributed by atoms with Crippen LogP contribution in [0.1, 0.15) is 52.1 Å². The van der Waals surface area contributed by atoms with E-state index in [1.807, 2.05) is 16.7 Å². The molecule has 2 aliphatic heterocycles. The molecule has 9 heteroatoms. The van der Waals surface area contributed by atoms with E-state index in [2.05, 4.69) is 42.6 Å². The summed E-state index contributed by atoms with van der Waals surface area (Å²) >= 11 is 0. The molecule has 0 N–H and O–H groups in total. The van der Waals surface area contributed by atoms with Gasteiger partial charge in [-0.2, -0.15) is 5.26 Å². The van der Waals surface area contributed by atoms with Crippen molar-refractivity contribution in [2.24, 2.45) is 5.41 Å². The van der Waals surface area contributed by atoms with Crippen molar-refractivity contribution in [2.45, 2.75) is 59.2 Å². The summed E-state index contributed by atoms with van der Waals surface area (Å²) in [6, 6.07) is 3.86. The van der Waals surface area contributed by atoms with E-state index in [1.165, 1.54) is 4.90 Å². The Hall–Kier alpha value is -2.99. The predicted molar refractivity (Wildman–Crippen MR) is 113 cm³/mol. The number of carbonyl (C=O) groups is 2. The van der Waals surface area contributed by atoms with Gasteiger partial charge in [-0.3, -0.25) is 4.79 Å². The van der Waals surface area contributed by atoms with E-state index in [-0.39, 0.29) is 23.7 Å². The molecule has 0 radical (unpaired) electrons. The van der Waals surface area contributed by atoms with Crippen LogP contribution in [0.3, 0.4) is 0 Å². The fraction of sp³-hybridized carbons (Fsp3) is 0.591. The zero-order valence-corrected chi connectivity index (χ0v) is 18.5. The quantitative estimate of drug-likeness (QED) is 0.743. The van der Waals surface area contributed by atoms with E-state index in [0.717, 1.165) is 30.7 Å². The SMILES string of the molecule is CCN1CCC2(CC1)OC(=O)N(Cc1cc3cnc(C#N)nc3n1CC(C)(C)C)C2=O. The first-order valence-corrected chi connectivity index (χ1v) is 10.7. The zero-order chi connectivity index (χ0) is 22.4. The minimum absolute atomic E-state index is 0.0812. The Kier molecular flexibility index (Phi) is 5.21. The highest BCUT2D eigenvalue weighted by Gasteiger charge is 2.55. The van der Waals surface area contributed by atoms with Crippen molar-refractivity contribution >= 4 is 23.0 Å². The van der Waals surface area contributed by atoms with Gasteiger partial charge in [0.25, 0.3) is 5.91 Å². The number of aromatic nitrogens is 3. The lowest BCUT2D eigenvalue weighted by molar-refractivity contribution is -0.140. The molecule has 164 valence electrons. The van der Waals surface area contributed by atoms with Crippen LogP contribution in [0.4, 0.5) is 4.79 Å². The average Bonchev–Trinajstić information content (AvgIpc) is 3.17. The van der Waals surface area contributed by atoms with Crippen LogP contribution in [-0.2, 0) is 22.6 Å². The number of carbonyl (C=O) groups excluding carboxylic acids is 2. The van der Waals surface area contributed by atoms with Crippen LogP contribution >= 0.6 is 0 Å². The Morgan fingerprint density at radius 2 is 1.97 bits per heavy atom. The van der Waals surface area contributed by atoms with E-state index in [4.69, 9.17) is 4.74 Å². The third kappa shape index (κ3) is 3.88. The van der Waals surface area contributed by atoms with Crippen molar-refractivity contribution in [2.75, 3.05) is 19.6 Å². The lowest BCUT2D eigenvalue weighted by Gasteiger charge is -2.35. The van der Waals surface area contributed by atoms with E-state index in [9.17, 15) is 14.9 Å². The molecule has 1 spiro atoms. The first-order valence-electron chi connectivity index (χ1n) is 10.7. The number of fused-ring (bicyclic) bond motifs is 1. The molecule has 0 aliphatic carbocycles. The van der Waals surface area contributed by atoms with Gasteiger partial charge in [-0.25, -0.2) is 19.7 Å². The number of rotatable bonds is 4. The molecule has 4 rings (SSSR count). The Labute approximate surface area is 181 Å². The second-order valence-corrected chi connectivity index (χ2v) is 9.55. The fourth-order valence-electron chi connectivity index (χ4n) is 4.37. The molecule has 0 saturated carbocycles. The first-order chi connectivity index (χ1) is 14.7. The summed E-state index contributed by atoms with van der Waals surface area (Å²) < 4.78 is 7.64. The highest BCUT2D eigenvalue weighted by Crippen LogP contribution is 2.36. The Bertz CT molecular complexity index is 1070. The number of piperidine rings is 1. The summed E-state index contributed by atoms with van der Waals surface area (Å²) in [6.45, 7) is 11.5. The number of imide groups is 1. The second kappa shape index (κ2) is 7.61. The van der Waals surface area contributed by atoms with Crippen molar-refractivity contribution < 1.29 is 14.3 Å². The maximum atomic E-state index is 13.3. The van der Waals surface area contributed by atoms with Gasteiger partial charge in [-0.1, -0.05) is 27.7 Å².